The van der Waals surface area contributed by atoms with Crippen LogP contribution in [0, 0.1) is 11.3 Å². The molecule has 0 aliphatic rings. The van der Waals surface area contributed by atoms with Gasteiger partial charge in [0.15, 0.2) is 0 Å². The van der Waals surface area contributed by atoms with Gasteiger partial charge in [0.25, 0.3) is 0 Å². The van der Waals surface area contributed by atoms with E-state index >= 15 is 0 Å². The van der Waals surface area contributed by atoms with Crippen LogP contribution in [0.2, 0.25) is 0 Å². The van der Waals surface area contributed by atoms with Crippen LogP contribution in [-0.2, 0) is 16.1 Å². The van der Waals surface area contributed by atoms with Crippen molar-refractivity contribution in [3.05, 3.63) is 41.5 Å². The molecule has 1 aromatic carbocycles. The molecule has 5 heteroatoms. The van der Waals surface area contributed by atoms with Crippen molar-refractivity contribution >= 4 is 17.5 Å². The number of allylic oxidation sites excluding steroid dienone is 1. The molecule has 0 aromatic heterocycles. The number of anilines is 1. The Morgan fingerprint density at radius 2 is 2.14 bits per heavy atom. The maximum atomic E-state index is 11.8. The molecule has 21 heavy (non-hydrogen) atoms. The second-order valence-electron chi connectivity index (χ2n) is 4.65. The summed E-state index contributed by atoms with van der Waals surface area (Å²) >= 11 is 0. The second kappa shape index (κ2) is 8.54. The minimum absolute atomic E-state index is 0.155. The van der Waals surface area contributed by atoms with E-state index in [2.05, 4.69) is 10.6 Å². The van der Waals surface area contributed by atoms with Crippen LogP contribution in [0.3, 0.4) is 0 Å². The lowest BCUT2D eigenvalue weighted by molar-refractivity contribution is -0.120. The van der Waals surface area contributed by atoms with Gasteiger partial charge in [0.2, 0.25) is 11.8 Å². The standard InChI is InChI=1S/C16H19N3O2/c1-3-12(2)9-16(21)19-14-6-4-5-13(10-14)11-18-15(20)7-8-17/h4-6,9-10H,3,7,11H2,1-2H3,(H,18,20)(H,19,21)/b12-9+. The van der Waals surface area contributed by atoms with Gasteiger partial charge in [-0.1, -0.05) is 24.6 Å². The molecule has 0 atom stereocenters. The summed E-state index contributed by atoms with van der Waals surface area (Å²) in [6.45, 7) is 4.22. The number of amides is 2. The van der Waals surface area contributed by atoms with Crippen LogP contribution in [0.5, 0.6) is 0 Å². The SMILES string of the molecule is CC/C(C)=C/C(=O)Nc1cccc(CNC(=O)CC#N)c1. The smallest absolute Gasteiger partial charge is 0.248 e. The summed E-state index contributed by atoms with van der Waals surface area (Å²) in [5.41, 5.74) is 2.54. The van der Waals surface area contributed by atoms with Crippen molar-refractivity contribution in [1.82, 2.24) is 5.32 Å². The van der Waals surface area contributed by atoms with Gasteiger partial charge in [0.05, 0.1) is 6.07 Å². The van der Waals surface area contributed by atoms with E-state index in [0.29, 0.717) is 12.2 Å². The molecule has 0 saturated carbocycles. The Morgan fingerprint density at radius 3 is 2.81 bits per heavy atom. The fourth-order valence-corrected chi connectivity index (χ4v) is 1.60. The summed E-state index contributed by atoms with van der Waals surface area (Å²) in [7, 11) is 0. The maximum absolute atomic E-state index is 11.8. The third-order valence-electron chi connectivity index (χ3n) is 2.86. The van der Waals surface area contributed by atoms with E-state index in [-0.39, 0.29) is 18.2 Å². The third kappa shape index (κ3) is 6.39. The van der Waals surface area contributed by atoms with Crippen molar-refractivity contribution in [3.63, 3.8) is 0 Å². The normalized spacial score (nSPS) is 10.6. The summed E-state index contributed by atoms with van der Waals surface area (Å²) < 4.78 is 0. The summed E-state index contributed by atoms with van der Waals surface area (Å²) in [5, 5.41) is 13.8. The molecule has 1 aromatic rings. The number of nitrogens with one attached hydrogen (secondary N) is 2. The van der Waals surface area contributed by atoms with Gasteiger partial charge in [-0.25, -0.2) is 0 Å². The van der Waals surface area contributed by atoms with Gasteiger partial charge in [0, 0.05) is 18.3 Å². The Morgan fingerprint density at radius 1 is 1.38 bits per heavy atom. The fourth-order valence-electron chi connectivity index (χ4n) is 1.60. The highest BCUT2D eigenvalue weighted by molar-refractivity contribution is 5.99. The first kappa shape index (κ1) is 16.4. The Hall–Kier alpha value is -2.61. The van der Waals surface area contributed by atoms with E-state index in [9.17, 15) is 9.59 Å². The predicted octanol–water partition coefficient (Wildman–Crippen LogP) is 2.51. The number of nitrogens with zero attached hydrogens (tertiary/aromatic N) is 1. The molecule has 5 nitrogen and oxygen atoms in total. The van der Waals surface area contributed by atoms with Crippen molar-refractivity contribution in [3.8, 4) is 6.07 Å². The summed E-state index contributed by atoms with van der Waals surface area (Å²) in [4.78, 5) is 23.0. The van der Waals surface area contributed by atoms with Gasteiger partial charge >= 0.3 is 0 Å². The highest BCUT2D eigenvalue weighted by atomic mass is 16.2. The maximum Gasteiger partial charge on any atom is 0.248 e. The van der Waals surface area contributed by atoms with Gasteiger partial charge in [-0.05, 0) is 31.0 Å². The Balaban J connectivity index is 2.62. The number of rotatable bonds is 6. The lowest BCUT2D eigenvalue weighted by Gasteiger charge is -2.07. The molecule has 0 aliphatic carbocycles. The number of hydrogen-bond donors (Lipinski definition) is 2. The highest BCUT2D eigenvalue weighted by Gasteiger charge is 2.03. The van der Waals surface area contributed by atoms with Crippen molar-refractivity contribution in [2.24, 2.45) is 0 Å². The molecule has 110 valence electrons. The van der Waals surface area contributed by atoms with Crippen LogP contribution in [0.4, 0.5) is 5.69 Å². The molecule has 0 aliphatic heterocycles. The molecule has 0 bridgehead atoms. The number of carbonyl (C=O) groups excluding carboxylic acids is 2. The molecule has 0 spiro atoms. The van der Waals surface area contributed by atoms with Crippen LogP contribution in [0.25, 0.3) is 0 Å². The Labute approximate surface area is 124 Å². The van der Waals surface area contributed by atoms with Crippen molar-refractivity contribution in [2.75, 3.05) is 5.32 Å². The minimum atomic E-state index is -0.312. The third-order valence-corrected chi connectivity index (χ3v) is 2.86. The molecule has 0 radical (unpaired) electrons. The molecular weight excluding hydrogens is 266 g/mol. The van der Waals surface area contributed by atoms with Crippen LogP contribution >= 0.6 is 0 Å². The van der Waals surface area contributed by atoms with E-state index < -0.39 is 0 Å². The lowest BCUT2D eigenvalue weighted by Crippen LogP contribution is -2.21. The first-order valence-electron chi connectivity index (χ1n) is 6.76. The molecular formula is C16H19N3O2. The first-order chi connectivity index (χ1) is 10.0. The molecule has 0 heterocycles. The average molecular weight is 285 g/mol. The molecule has 2 N–H and O–H groups in total. The van der Waals surface area contributed by atoms with Crippen molar-refractivity contribution < 1.29 is 9.59 Å². The van der Waals surface area contributed by atoms with Crippen LogP contribution in [0.15, 0.2) is 35.9 Å². The zero-order chi connectivity index (χ0) is 15.7. The quantitative estimate of drug-likeness (QED) is 0.788. The van der Waals surface area contributed by atoms with Crippen LogP contribution in [-0.4, -0.2) is 11.8 Å². The monoisotopic (exact) mass is 285 g/mol. The Kier molecular flexibility index (Phi) is 6.69. The first-order valence-corrected chi connectivity index (χ1v) is 6.76. The molecule has 0 saturated heterocycles. The van der Waals surface area contributed by atoms with E-state index in [1.54, 1.807) is 30.3 Å². The van der Waals surface area contributed by atoms with E-state index in [1.165, 1.54) is 0 Å². The predicted molar refractivity (Wildman–Crippen MR) is 81.2 cm³/mol. The number of benzene rings is 1. The molecule has 0 fully saturated rings. The number of carbonyl (C=O) groups is 2. The zero-order valence-electron chi connectivity index (χ0n) is 12.3. The summed E-state index contributed by atoms with van der Waals surface area (Å²) in [6, 6.07) is 9.01. The van der Waals surface area contributed by atoms with Gasteiger partial charge < -0.3 is 10.6 Å². The molecule has 1 rings (SSSR count). The summed E-state index contributed by atoms with van der Waals surface area (Å²) in [5.74, 6) is -0.478. The van der Waals surface area contributed by atoms with E-state index in [0.717, 1.165) is 17.6 Å². The van der Waals surface area contributed by atoms with E-state index in [1.807, 2.05) is 19.9 Å². The number of nitriles is 1. The zero-order valence-corrected chi connectivity index (χ0v) is 12.3. The topological polar surface area (TPSA) is 82.0 Å². The molecule has 2 amide bonds. The lowest BCUT2D eigenvalue weighted by atomic mass is 10.2. The van der Waals surface area contributed by atoms with Crippen LogP contribution in [0.1, 0.15) is 32.3 Å². The van der Waals surface area contributed by atoms with Gasteiger partial charge in [-0.2, -0.15) is 5.26 Å². The van der Waals surface area contributed by atoms with Gasteiger partial charge in [-0.3, -0.25) is 9.59 Å². The van der Waals surface area contributed by atoms with Crippen molar-refractivity contribution in [2.45, 2.75) is 33.2 Å². The van der Waals surface area contributed by atoms with Crippen LogP contribution < -0.4 is 10.6 Å². The fraction of sp³-hybridized carbons (Fsp3) is 0.312. The van der Waals surface area contributed by atoms with Gasteiger partial charge in [-0.15, -0.1) is 0 Å². The highest BCUT2D eigenvalue weighted by Crippen LogP contribution is 2.11. The Bertz CT molecular complexity index is 585. The average Bonchev–Trinajstić information content (AvgIpc) is 2.45. The largest absolute Gasteiger partial charge is 0.351 e. The summed E-state index contributed by atoms with van der Waals surface area (Å²) in [6.07, 6.45) is 2.25. The molecule has 0 unspecified atom stereocenters. The van der Waals surface area contributed by atoms with E-state index in [4.69, 9.17) is 5.26 Å². The van der Waals surface area contributed by atoms with Crippen molar-refractivity contribution in [1.29, 1.82) is 5.26 Å². The second-order valence-corrected chi connectivity index (χ2v) is 4.65. The minimum Gasteiger partial charge on any atom is -0.351 e. The van der Waals surface area contributed by atoms with Gasteiger partial charge in [0.1, 0.15) is 6.42 Å². The number of hydrogen-bond acceptors (Lipinski definition) is 3.